The van der Waals surface area contributed by atoms with Crippen LogP contribution in [0.2, 0.25) is 0 Å². The van der Waals surface area contributed by atoms with E-state index in [4.69, 9.17) is 74.8 Å². The number of amides is 1. The number of carbonyl (C=O) groups excluding carboxylic acids is 1. The SMILES string of the molecule is [B]P([B])O[C@@H]1C(NS(=O)(=O)O)[C@@H](O[C@@H]2C(C)O[C@H](OCCCCCN(Cc3ccccc3)C(=O)OCc3ccccc3)C(OS(=O)(=O)O)[C@@H]2OCc2ccccc2)OC(COS(=O)(=O)O)[C@H]1O[C@@H]1OC(C)[C@@H](C)[C@@H](OCc2ccccc2)C1OS(=O)(=O)O. The van der Waals surface area contributed by atoms with E-state index in [1.807, 2.05) is 65.4 Å². The van der Waals surface area contributed by atoms with E-state index in [-0.39, 0.29) is 45.9 Å². The molecule has 0 saturated carbocycles. The lowest BCUT2D eigenvalue weighted by Gasteiger charge is -2.51. The molecule has 1 amide bonds. The molecule has 482 valence electrons. The molecule has 6 unspecified atom stereocenters. The quantitative estimate of drug-likeness (QED) is 0.0191. The van der Waals surface area contributed by atoms with Gasteiger partial charge in [0, 0.05) is 25.6 Å². The molecule has 4 radical (unpaired) electrons. The van der Waals surface area contributed by atoms with Gasteiger partial charge in [0.25, 0.3) is 0 Å². The molecule has 3 saturated heterocycles. The standard InChI is InChI=1S/C53H69B2N2O26PS4/c1-34-35(2)76-52(48(82-87(65,66)67)43(34)72-30-38-21-11-5-12-22-38)80-45-41(33-75-86(62,63)64)78-50(42(56-85(59,60)61)46(45)81-84(54)55)79-44-36(3)77-51(49(83-88(68,69)70)47(44)73-31-39-23-13-6-14-24-39)71-28-18-8-17-27-57(29-37-19-9-4-10-20-37)53(58)74-32-40-25-15-7-16-26-40/h4-7,9-16,19-26,34-36,41-52,56H,8,17-18,27-33H2,1-3H3,(H,59,60,61)(H,62,63,64)(H,65,66,67)(H,68,69,70)/t34-,35?,36?,41?,42?,43-,44-,45-,46-,47-,48?,49?,50-,51+,52+/m1/s1. The van der Waals surface area contributed by atoms with Crippen molar-refractivity contribution in [2.75, 3.05) is 19.8 Å². The number of hydrogen-bond acceptors (Lipinski definition) is 22. The van der Waals surface area contributed by atoms with Crippen molar-refractivity contribution in [3.8, 4) is 0 Å². The van der Waals surface area contributed by atoms with Crippen LogP contribution < -0.4 is 4.72 Å². The number of hydrogen-bond donors (Lipinski definition) is 5. The van der Waals surface area contributed by atoms with E-state index in [2.05, 4.69) is 0 Å². The molecule has 0 aliphatic carbocycles. The maximum atomic E-state index is 13.4. The highest BCUT2D eigenvalue weighted by Crippen LogP contribution is 2.41. The molecule has 7 rings (SSSR count). The summed E-state index contributed by atoms with van der Waals surface area (Å²) in [6.07, 6.45) is -22.5. The van der Waals surface area contributed by atoms with Crippen molar-refractivity contribution in [2.45, 2.75) is 152 Å². The van der Waals surface area contributed by atoms with E-state index in [1.54, 1.807) is 72.5 Å². The summed E-state index contributed by atoms with van der Waals surface area (Å²) in [7, 11) is -12.4. The third-order valence-electron chi connectivity index (χ3n) is 14.1. The van der Waals surface area contributed by atoms with Gasteiger partial charge in [0.15, 0.2) is 31.1 Å². The zero-order valence-electron chi connectivity index (χ0n) is 47.7. The van der Waals surface area contributed by atoms with Gasteiger partial charge in [-0.05, 0) is 55.4 Å². The van der Waals surface area contributed by atoms with Crippen LogP contribution in [0, 0.1) is 5.92 Å². The van der Waals surface area contributed by atoms with Crippen LogP contribution in [0.25, 0.3) is 0 Å². The van der Waals surface area contributed by atoms with E-state index in [9.17, 15) is 56.7 Å². The topological polar surface area (TPSA) is 370 Å². The van der Waals surface area contributed by atoms with Crippen molar-refractivity contribution in [1.29, 1.82) is 0 Å². The van der Waals surface area contributed by atoms with Crippen LogP contribution in [0.4, 0.5) is 4.79 Å². The van der Waals surface area contributed by atoms with Crippen LogP contribution in [-0.4, -0.2) is 184 Å². The Balaban J connectivity index is 1.17. The van der Waals surface area contributed by atoms with Crippen molar-refractivity contribution < 1.29 is 116 Å². The number of ether oxygens (including phenoxy) is 9. The third-order valence-corrected chi connectivity index (χ3v) is 16.6. The van der Waals surface area contributed by atoms with Crippen molar-refractivity contribution in [3.63, 3.8) is 0 Å². The van der Waals surface area contributed by atoms with Crippen molar-refractivity contribution in [1.82, 2.24) is 9.62 Å². The minimum atomic E-state index is -5.46. The highest BCUT2D eigenvalue weighted by molar-refractivity contribution is 7.97. The molecule has 5 N–H and O–H groups in total. The average molecular weight is 1330 g/mol. The van der Waals surface area contributed by atoms with Crippen LogP contribution in [0.15, 0.2) is 121 Å². The summed E-state index contributed by atoms with van der Waals surface area (Å²) < 4.78 is 221. The van der Waals surface area contributed by atoms with Crippen LogP contribution in [-0.2, 0) is 128 Å². The number of rotatable bonds is 32. The summed E-state index contributed by atoms with van der Waals surface area (Å²) in [4.78, 5) is 15.0. The number of nitrogens with zero attached hydrogens (tertiary/aromatic N) is 1. The maximum absolute atomic E-state index is 13.4. The molecule has 4 aromatic carbocycles. The Kier molecular flexibility index (Phi) is 26.7. The Hall–Kier alpha value is -4.17. The van der Waals surface area contributed by atoms with Crippen LogP contribution in [0.5, 0.6) is 0 Å². The highest BCUT2D eigenvalue weighted by atomic mass is 32.3. The largest absolute Gasteiger partial charge is 0.445 e. The van der Waals surface area contributed by atoms with Gasteiger partial charge in [-0.15, -0.1) is 0 Å². The summed E-state index contributed by atoms with van der Waals surface area (Å²) in [5.74, 6) is -0.733. The highest BCUT2D eigenvalue weighted by Gasteiger charge is 2.57. The fourth-order valence-corrected chi connectivity index (χ4v) is 12.4. The van der Waals surface area contributed by atoms with Crippen molar-refractivity contribution >= 4 is 70.6 Å². The molecule has 3 aliphatic rings. The second kappa shape index (κ2) is 32.9. The molecule has 4 aromatic rings. The lowest BCUT2D eigenvalue weighted by molar-refractivity contribution is -0.359. The second-order valence-corrected chi connectivity index (χ2v) is 26.0. The smallest absolute Gasteiger partial charge is 0.410 e. The molecular weight excluding hydrogens is 1260 g/mol. The van der Waals surface area contributed by atoms with E-state index < -0.39 is 154 Å². The first kappa shape index (κ1) is 71.3. The predicted molar refractivity (Wildman–Crippen MR) is 312 cm³/mol. The molecule has 0 bridgehead atoms. The third kappa shape index (κ3) is 22.9. The van der Waals surface area contributed by atoms with Gasteiger partial charge in [0.1, 0.15) is 58.3 Å². The van der Waals surface area contributed by atoms with Gasteiger partial charge in [-0.2, -0.15) is 38.4 Å². The zero-order valence-corrected chi connectivity index (χ0v) is 51.9. The Bertz CT molecular complexity index is 3260. The Morgan fingerprint density at radius 3 is 1.57 bits per heavy atom. The predicted octanol–water partition coefficient (Wildman–Crippen LogP) is 4.71. The lowest BCUT2D eigenvalue weighted by atomic mass is 9.91. The first-order chi connectivity index (χ1) is 41.6. The van der Waals surface area contributed by atoms with E-state index in [0.717, 1.165) is 11.1 Å². The van der Waals surface area contributed by atoms with Gasteiger partial charge in [-0.25, -0.2) is 17.3 Å². The molecule has 3 aliphatic heterocycles. The molecule has 3 fully saturated rings. The summed E-state index contributed by atoms with van der Waals surface area (Å²) in [6.45, 7) is 3.19. The zero-order chi connectivity index (χ0) is 63.8. The molecule has 0 aromatic heterocycles. The molecule has 28 nitrogen and oxygen atoms in total. The number of nitrogens with one attached hydrogen (secondary N) is 1. The number of benzene rings is 4. The van der Waals surface area contributed by atoms with E-state index in [0.29, 0.717) is 24.0 Å². The van der Waals surface area contributed by atoms with Gasteiger partial charge >= 0.3 is 47.6 Å². The summed E-state index contributed by atoms with van der Waals surface area (Å²) in [6, 6.07) is 33.2. The van der Waals surface area contributed by atoms with Gasteiger partial charge in [-0.1, -0.05) is 136 Å². The summed E-state index contributed by atoms with van der Waals surface area (Å²) >= 11 is 0. The first-order valence-electron chi connectivity index (χ1n) is 27.4. The van der Waals surface area contributed by atoms with Crippen LogP contribution in [0.1, 0.15) is 62.3 Å². The van der Waals surface area contributed by atoms with Crippen molar-refractivity contribution in [2.24, 2.45) is 5.92 Å². The minimum Gasteiger partial charge on any atom is -0.445 e. The summed E-state index contributed by atoms with van der Waals surface area (Å²) in [5.41, 5.74) is 2.78. The van der Waals surface area contributed by atoms with Gasteiger partial charge in [-0.3, -0.25) is 18.2 Å². The molecule has 3 heterocycles. The number of unbranched alkanes of at least 4 members (excludes halogenated alkanes) is 2. The fraction of sp³-hybridized carbons (Fsp3) is 0.528. The Morgan fingerprint density at radius 1 is 0.545 bits per heavy atom. The van der Waals surface area contributed by atoms with E-state index >= 15 is 0 Å². The molecule has 15 atom stereocenters. The van der Waals surface area contributed by atoms with E-state index in [1.165, 1.54) is 13.8 Å². The number of carbonyl (C=O) groups is 1. The van der Waals surface area contributed by atoms with Gasteiger partial charge < -0.3 is 52.1 Å². The monoisotopic (exact) mass is 1330 g/mol. The second-order valence-electron chi connectivity index (χ2n) is 20.7. The first-order valence-corrected chi connectivity index (χ1v) is 34.4. The van der Waals surface area contributed by atoms with Crippen LogP contribution >= 0.6 is 7.91 Å². The average Bonchev–Trinajstić information content (AvgIpc) is 0.881. The normalized spacial score (nSPS) is 28.1. The Labute approximate surface area is 515 Å². The van der Waals surface area contributed by atoms with Gasteiger partial charge in [0.05, 0.1) is 38.1 Å². The minimum absolute atomic E-state index is 0.0482. The molecular formula is C53H69B2N2O26PS4. The van der Waals surface area contributed by atoms with Gasteiger partial charge in [0.2, 0.25) is 0 Å². The maximum Gasteiger partial charge on any atom is 0.410 e. The molecule has 0 spiro atoms. The van der Waals surface area contributed by atoms with Crippen molar-refractivity contribution in [3.05, 3.63) is 144 Å². The molecule has 35 heteroatoms. The summed E-state index contributed by atoms with van der Waals surface area (Å²) in [5, 5.41) is 0. The van der Waals surface area contributed by atoms with Crippen LogP contribution in [0.3, 0.4) is 0 Å². The Morgan fingerprint density at radius 2 is 1.05 bits per heavy atom. The lowest BCUT2D eigenvalue weighted by Crippen LogP contribution is -2.69. The molecule has 88 heavy (non-hydrogen) atoms. The fourth-order valence-electron chi connectivity index (χ4n) is 9.97.